The van der Waals surface area contributed by atoms with Gasteiger partial charge in [-0.05, 0) is 143 Å². The van der Waals surface area contributed by atoms with E-state index >= 15 is 0 Å². The Morgan fingerprint density at radius 2 is 1.16 bits per heavy atom. The lowest BCUT2D eigenvalue weighted by Gasteiger charge is -2.30. The Bertz CT molecular complexity index is 2750. The number of alkyl halides is 6. The predicted molar refractivity (Wildman–Crippen MR) is 218 cm³/mol. The van der Waals surface area contributed by atoms with Gasteiger partial charge in [-0.3, -0.25) is 0 Å². The lowest BCUT2D eigenvalue weighted by Crippen LogP contribution is -2.25. The third-order valence-corrected chi connectivity index (χ3v) is 14.8. The fourth-order valence-corrected chi connectivity index (χ4v) is 12.1. The molecule has 55 heavy (non-hydrogen) atoms. The topological polar surface area (TPSA) is 0 Å². The van der Waals surface area contributed by atoms with Crippen LogP contribution in [0.5, 0.6) is 0 Å². The molecule has 0 aromatic heterocycles. The van der Waals surface area contributed by atoms with E-state index in [-0.39, 0.29) is 17.3 Å². The maximum absolute atomic E-state index is 14.5. The molecule has 4 atom stereocenters. The minimum atomic E-state index is -4.98. The molecule has 0 radical (unpaired) electrons. The van der Waals surface area contributed by atoms with Crippen LogP contribution in [0.15, 0.2) is 109 Å². The van der Waals surface area contributed by atoms with Gasteiger partial charge in [0.2, 0.25) is 0 Å². The Labute approximate surface area is 317 Å². The van der Waals surface area contributed by atoms with Crippen molar-refractivity contribution in [2.24, 2.45) is 5.92 Å². The van der Waals surface area contributed by atoms with Gasteiger partial charge >= 0.3 is 12.4 Å². The van der Waals surface area contributed by atoms with Crippen LogP contribution in [0, 0.1) is 5.92 Å². The van der Waals surface area contributed by atoms with Gasteiger partial charge in [0.25, 0.3) is 0 Å². The van der Waals surface area contributed by atoms with Crippen molar-refractivity contribution in [3.8, 4) is 0 Å². The van der Waals surface area contributed by atoms with Crippen LogP contribution in [-0.2, 0) is 18.8 Å². The molecule has 0 saturated heterocycles. The first-order valence-electron chi connectivity index (χ1n) is 19.0. The second kappa shape index (κ2) is 12.9. The summed E-state index contributed by atoms with van der Waals surface area (Å²) in [5.41, 5.74) is 1.13. The van der Waals surface area contributed by atoms with E-state index in [2.05, 4.69) is 64.1 Å². The number of hydrogen-bond donors (Lipinski definition) is 0. The van der Waals surface area contributed by atoms with Gasteiger partial charge in [-0.25, -0.2) is 0 Å². The van der Waals surface area contributed by atoms with Gasteiger partial charge in [0.15, 0.2) is 0 Å². The molecule has 0 amide bonds. The summed E-state index contributed by atoms with van der Waals surface area (Å²) in [6.07, 6.45) is -7.05. The highest BCUT2D eigenvalue weighted by atomic mass is 31.1. The van der Waals surface area contributed by atoms with Crippen LogP contribution in [0.4, 0.5) is 26.3 Å². The highest BCUT2D eigenvalue weighted by Crippen LogP contribution is 2.48. The molecule has 1 aliphatic rings. The van der Waals surface area contributed by atoms with Crippen molar-refractivity contribution in [1.29, 1.82) is 0 Å². The third-order valence-electron chi connectivity index (χ3n) is 12.3. The Hall–Kier alpha value is -4.67. The Morgan fingerprint density at radius 1 is 0.600 bits per heavy atom. The Balaban J connectivity index is 1.38. The van der Waals surface area contributed by atoms with Crippen LogP contribution in [0.3, 0.4) is 0 Å². The van der Waals surface area contributed by atoms with Gasteiger partial charge in [-0.2, -0.15) is 26.3 Å². The zero-order valence-corrected chi connectivity index (χ0v) is 31.9. The normalized spacial score (nSPS) is 16.6. The van der Waals surface area contributed by atoms with Gasteiger partial charge < -0.3 is 0 Å². The summed E-state index contributed by atoms with van der Waals surface area (Å²) in [5.74, 6) is 1.17. The average molecular weight is 761 g/mol. The summed E-state index contributed by atoms with van der Waals surface area (Å²) in [6.45, 7) is 9.01. The summed E-state index contributed by atoms with van der Waals surface area (Å²) in [7, 11) is -1.94. The molecule has 0 fully saturated rings. The summed E-state index contributed by atoms with van der Waals surface area (Å²) >= 11 is 0. The molecule has 7 heteroatoms. The fourth-order valence-electron chi connectivity index (χ4n) is 9.47. The molecule has 1 aliphatic carbocycles. The van der Waals surface area contributed by atoms with E-state index in [0.717, 1.165) is 101 Å². The van der Waals surface area contributed by atoms with Gasteiger partial charge in [-0.15, -0.1) is 0 Å². The van der Waals surface area contributed by atoms with Crippen LogP contribution in [-0.4, -0.2) is 0 Å². The van der Waals surface area contributed by atoms with Crippen LogP contribution < -0.4 is 15.9 Å². The molecule has 0 nitrogen and oxygen atoms in total. The first-order chi connectivity index (χ1) is 26.3. The zero-order chi connectivity index (χ0) is 38.6. The van der Waals surface area contributed by atoms with Gasteiger partial charge in [0.05, 0.1) is 11.1 Å². The van der Waals surface area contributed by atoms with Crippen molar-refractivity contribution in [2.75, 3.05) is 0 Å². The highest BCUT2D eigenvalue weighted by Gasteiger charge is 2.39. The standard InChI is InChI=1S/C48H39F6P/c1-5-26(3)37(6-2)33-21-32-13-17-39-42(19-15-31-20-27(4)40(22-33)46(32)45(31)39)55(36-24-34(47(49,50)51)23-35(25-36)48(52,53)54)41-18-14-30-11-10-28-8-7-9-29-12-16-38(41)44(30)43(28)29/h7-19,21-27,37H,5-6,20H2,1-4H3/t26-,27?,37?,55?/m1/s1. The fraction of sp³-hybridized carbons (Fsp3) is 0.250. The van der Waals surface area contributed by atoms with Crippen LogP contribution in [0.2, 0.25) is 0 Å². The van der Waals surface area contributed by atoms with Crippen molar-refractivity contribution in [2.45, 2.75) is 71.1 Å². The third kappa shape index (κ3) is 5.77. The van der Waals surface area contributed by atoms with E-state index in [9.17, 15) is 26.3 Å². The van der Waals surface area contributed by atoms with Crippen LogP contribution >= 0.6 is 7.92 Å². The SMILES string of the molecule is CCC(c1cc2c3c(ccc4c(P(c5cc(C(F)(F)F)cc(C(F)(F)F)c5)c5ccc6ccc7cccc8ccc5c6c78)ccc(c43)CC2C)c1)[C@H](C)CC. The summed E-state index contributed by atoms with van der Waals surface area (Å²) < 4.78 is 87.2. The first-order valence-corrected chi connectivity index (χ1v) is 20.4. The van der Waals surface area contributed by atoms with Crippen molar-refractivity contribution in [3.05, 3.63) is 137 Å². The van der Waals surface area contributed by atoms with Gasteiger partial charge in [0.1, 0.15) is 0 Å². The molecular weight excluding hydrogens is 721 g/mol. The molecule has 3 unspecified atom stereocenters. The van der Waals surface area contributed by atoms with Crippen LogP contribution in [0.1, 0.15) is 80.2 Å². The van der Waals surface area contributed by atoms with Crippen molar-refractivity contribution in [1.82, 2.24) is 0 Å². The lowest BCUT2D eigenvalue weighted by atomic mass is 9.76. The number of rotatable bonds is 7. The average Bonchev–Trinajstić information content (AvgIpc) is 3.16. The number of halogens is 6. The molecule has 8 aromatic carbocycles. The monoisotopic (exact) mass is 760 g/mol. The Morgan fingerprint density at radius 3 is 1.78 bits per heavy atom. The molecule has 0 N–H and O–H groups in total. The van der Waals surface area contributed by atoms with Crippen molar-refractivity contribution >= 4 is 77.7 Å². The van der Waals surface area contributed by atoms with E-state index < -0.39 is 31.4 Å². The molecule has 278 valence electrons. The zero-order valence-electron chi connectivity index (χ0n) is 31.0. The van der Waals surface area contributed by atoms with Crippen molar-refractivity contribution in [3.63, 3.8) is 0 Å². The van der Waals surface area contributed by atoms with Crippen molar-refractivity contribution < 1.29 is 26.3 Å². The van der Waals surface area contributed by atoms with Crippen LogP contribution in [0.25, 0.3) is 53.9 Å². The van der Waals surface area contributed by atoms with E-state index in [1.54, 1.807) is 0 Å². The minimum absolute atomic E-state index is 0.0154. The molecule has 0 saturated carbocycles. The smallest absolute Gasteiger partial charge is 0.166 e. The first kappa shape index (κ1) is 36.0. The van der Waals surface area contributed by atoms with E-state index in [0.29, 0.717) is 11.8 Å². The second-order valence-corrected chi connectivity index (χ2v) is 17.6. The maximum Gasteiger partial charge on any atom is 0.416 e. The van der Waals surface area contributed by atoms with E-state index in [1.165, 1.54) is 11.1 Å². The Kier molecular flexibility index (Phi) is 8.48. The molecule has 8 aromatic rings. The lowest BCUT2D eigenvalue weighted by molar-refractivity contribution is -0.142. The minimum Gasteiger partial charge on any atom is -0.166 e. The largest absolute Gasteiger partial charge is 0.416 e. The quantitative estimate of drug-likeness (QED) is 0.0862. The second-order valence-electron chi connectivity index (χ2n) is 15.5. The number of hydrogen-bond acceptors (Lipinski definition) is 0. The molecule has 0 spiro atoms. The molecule has 0 bridgehead atoms. The summed E-state index contributed by atoms with van der Waals surface area (Å²) in [5, 5.41) is 11.5. The molecule has 0 aliphatic heterocycles. The maximum atomic E-state index is 14.5. The molecule has 0 heterocycles. The highest BCUT2D eigenvalue weighted by molar-refractivity contribution is 7.80. The predicted octanol–water partition coefficient (Wildman–Crippen LogP) is 13.9. The van der Waals surface area contributed by atoms with Gasteiger partial charge in [-0.1, -0.05) is 125 Å². The molecule has 9 rings (SSSR count). The van der Waals surface area contributed by atoms with Gasteiger partial charge in [0, 0.05) is 0 Å². The number of benzene rings is 8. The molecular formula is C48H39F6P. The van der Waals surface area contributed by atoms with E-state index in [1.807, 2.05) is 54.6 Å². The summed E-state index contributed by atoms with van der Waals surface area (Å²) in [4.78, 5) is 0. The van der Waals surface area contributed by atoms with E-state index in [4.69, 9.17) is 0 Å². The summed E-state index contributed by atoms with van der Waals surface area (Å²) in [6, 6.07) is 33.1.